The number of hydrogen-bond donors (Lipinski definition) is 1. The molecule has 39 heavy (non-hydrogen) atoms. The third-order valence-corrected chi connectivity index (χ3v) is 6.32. The van der Waals surface area contributed by atoms with Crippen molar-refractivity contribution in [1.29, 1.82) is 0 Å². The van der Waals surface area contributed by atoms with E-state index in [1.54, 1.807) is 0 Å². The summed E-state index contributed by atoms with van der Waals surface area (Å²) in [6.45, 7) is 7.27. The standard InChI is InChI=1S/C31H35N3O5/c1-31(2,3)39-30(35)33-24-10-7-22(8-11-24)23-9-16-28-27(20-23)32-21-34(28)25-12-14-26(15-13-25)36-18-19-38-29-6-4-5-17-37-29/h7-16,20-21,29H,4-6,17-19H2,1-3H3,(H,33,35). The van der Waals surface area contributed by atoms with Crippen LogP contribution in [0.2, 0.25) is 0 Å². The maximum atomic E-state index is 12.0. The summed E-state index contributed by atoms with van der Waals surface area (Å²) in [5.41, 5.74) is 5.11. The summed E-state index contributed by atoms with van der Waals surface area (Å²) < 4.78 is 24.5. The molecule has 3 aromatic carbocycles. The second kappa shape index (κ2) is 11.9. The van der Waals surface area contributed by atoms with Crippen LogP contribution in [-0.4, -0.2) is 47.4 Å². The molecule has 8 heteroatoms. The Hall–Kier alpha value is -3.88. The zero-order valence-corrected chi connectivity index (χ0v) is 22.7. The number of nitrogens with one attached hydrogen (secondary N) is 1. The fraction of sp³-hybridized carbons (Fsp3) is 0.355. The van der Waals surface area contributed by atoms with Crippen molar-refractivity contribution < 1.29 is 23.7 Å². The second-order valence-electron chi connectivity index (χ2n) is 10.5. The van der Waals surface area contributed by atoms with Gasteiger partial charge < -0.3 is 18.9 Å². The minimum absolute atomic E-state index is 0.0969. The molecule has 5 rings (SSSR count). The van der Waals surface area contributed by atoms with Gasteiger partial charge in [0.2, 0.25) is 0 Å². The molecule has 0 saturated carbocycles. The number of carbonyl (C=O) groups is 1. The monoisotopic (exact) mass is 529 g/mol. The summed E-state index contributed by atoms with van der Waals surface area (Å²) >= 11 is 0. The molecule has 2 heterocycles. The highest BCUT2D eigenvalue weighted by Crippen LogP contribution is 2.27. The summed E-state index contributed by atoms with van der Waals surface area (Å²) in [5, 5.41) is 2.76. The van der Waals surface area contributed by atoms with E-state index in [-0.39, 0.29) is 6.29 Å². The largest absolute Gasteiger partial charge is 0.491 e. The molecule has 4 aromatic rings. The number of carbonyl (C=O) groups excluding carboxylic acids is 1. The Morgan fingerprint density at radius 3 is 2.49 bits per heavy atom. The van der Waals surface area contributed by atoms with Crippen LogP contribution in [0.15, 0.2) is 73.1 Å². The first kappa shape index (κ1) is 26.7. The van der Waals surface area contributed by atoms with E-state index in [2.05, 4.69) is 33.1 Å². The molecular weight excluding hydrogens is 494 g/mol. The van der Waals surface area contributed by atoms with Gasteiger partial charge in [0, 0.05) is 18.0 Å². The summed E-state index contributed by atoms with van der Waals surface area (Å²) in [5.74, 6) is 0.795. The van der Waals surface area contributed by atoms with Crippen LogP contribution in [0.1, 0.15) is 40.0 Å². The number of amides is 1. The molecule has 1 aliphatic rings. The number of hydrogen-bond acceptors (Lipinski definition) is 6. The highest BCUT2D eigenvalue weighted by atomic mass is 16.7. The fourth-order valence-corrected chi connectivity index (χ4v) is 4.45. The molecule has 0 spiro atoms. The van der Waals surface area contributed by atoms with Gasteiger partial charge in [0.25, 0.3) is 0 Å². The third kappa shape index (κ3) is 7.16. The van der Waals surface area contributed by atoms with E-state index in [0.29, 0.717) is 18.9 Å². The second-order valence-corrected chi connectivity index (χ2v) is 10.5. The molecule has 8 nitrogen and oxygen atoms in total. The fourth-order valence-electron chi connectivity index (χ4n) is 4.45. The third-order valence-electron chi connectivity index (χ3n) is 6.32. The molecule has 1 aliphatic heterocycles. The van der Waals surface area contributed by atoms with Gasteiger partial charge >= 0.3 is 6.09 Å². The maximum Gasteiger partial charge on any atom is 0.412 e. The molecule has 1 fully saturated rings. The number of anilines is 1. The average Bonchev–Trinajstić information content (AvgIpc) is 3.35. The molecule has 0 bridgehead atoms. The predicted molar refractivity (Wildman–Crippen MR) is 151 cm³/mol. The quantitative estimate of drug-likeness (QED) is 0.248. The van der Waals surface area contributed by atoms with Gasteiger partial charge in [-0.3, -0.25) is 9.88 Å². The molecule has 1 unspecified atom stereocenters. The Morgan fingerprint density at radius 1 is 1.00 bits per heavy atom. The van der Waals surface area contributed by atoms with E-state index in [1.165, 1.54) is 0 Å². The number of imidazole rings is 1. The highest BCUT2D eigenvalue weighted by Gasteiger charge is 2.16. The molecular formula is C31H35N3O5. The average molecular weight is 530 g/mol. The number of nitrogens with zero attached hydrogens (tertiary/aromatic N) is 2. The van der Waals surface area contributed by atoms with Crippen LogP contribution in [-0.2, 0) is 14.2 Å². The summed E-state index contributed by atoms with van der Waals surface area (Å²) in [6, 6.07) is 21.8. The molecule has 1 amide bonds. The first-order valence-corrected chi connectivity index (χ1v) is 13.4. The Kier molecular flexibility index (Phi) is 8.14. The lowest BCUT2D eigenvalue weighted by Crippen LogP contribution is -2.27. The van der Waals surface area contributed by atoms with E-state index >= 15 is 0 Å². The van der Waals surface area contributed by atoms with Crippen LogP contribution >= 0.6 is 0 Å². The smallest absolute Gasteiger partial charge is 0.412 e. The highest BCUT2D eigenvalue weighted by molar-refractivity contribution is 5.86. The van der Waals surface area contributed by atoms with Crippen molar-refractivity contribution >= 4 is 22.8 Å². The van der Waals surface area contributed by atoms with Crippen LogP contribution in [0.5, 0.6) is 5.75 Å². The Labute approximate surface area is 228 Å². The van der Waals surface area contributed by atoms with Gasteiger partial charge in [0.05, 0.1) is 17.6 Å². The van der Waals surface area contributed by atoms with Crippen molar-refractivity contribution in [3.05, 3.63) is 73.1 Å². The van der Waals surface area contributed by atoms with Gasteiger partial charge in [-0.1, -0.05) is 18.2 Å². The topological polar surface area (TPSA) is 83.8 Å². The van der Waals surface area contributed by atoms with Gasteiger partial charge in [-0.15, -0.1) is 0 Å². The number of benzene rings is 3. The van der Waals surface area contributed by atoms with E-state index in [1.807, 2.05) is 75.6 Å². The number of fused-ring (bicyclic) bond motifs is 1. The zero-order chi connectivity index (χ0) is 27.2. The van der Waals surface area contributed by atoms with Crippen molar-refractivity contribution in [3.63, 3.8) is 0 Å². The lowest BCUT2D eigenvalue weighted by molar-refractivity contribution is -0.165. The first-order chi connectivity index (χ1) is 18.8. The Balaban J connectivity index is 1.19. The van der Waals surface area contributed by atoms with E-state index in [0.717, 1.165) is 59.5 Å². The molecule has 1 saturated heterocycles. The summed E-state index contributed by atoms with van der Waals surface area (Å²) in [7, 11) is 0. The molecule has 1 aromatic heterocycles. The minimum atomic E-state index is -0.544. The van der Waals surface area contributed by atoms with Crippen LogP contribution in [0.25, 0.3) is 27.8 Å². The molecule has 1 atom stereocenters. The molecule has 1 N–H and O–H groups in total. The molecule has 0 aliphatic carbocycles. The Bertz CT molecular complexity index is 1380. The predicted octanol–water partition coefficient (Wildman–Crippen LogP) is 6.96. The van der Waals surface area contributed by atoms with E-state index in [9.17, 15) is 4.79 Å². The van der Waals surface area contributed by atoms with Gasteiger partial charge in [-0.05, 0) is 99.7 Å². The zero-order valence-electron chi connectivity index (χ0n) is 22.7. The molecule has 204 valence electrons. The lowest BCUT2D eigenvalue weighted by Gasteiger charge is -2.22. The number of aromatic nitrogens is 2. The van der Waals surface area contributed by atoms with Crippen molar-refractivity contribution in [2.45, 2.75) is 51.9 Å². The van der Waals surface area contributed by atoms with Crippen LogP contribution in [0.3, 0.4) is 0 Å². The molecule has 0 radical (unpaired) electrons. The van der Waals surface area contributed by atoms with E-state index in [4.69, 9.17) is 18.9 Å². The summed E-state index contributed by atoms with van der Waals surface area (Å²) in [6.07, 6.45) is 4.48. The number of rotatable bonds is 8. The van der Waals surface area contributed by atoms with Crippen LogP contribution in [0.4, 0.5) is 10.5 Å². The lowest BCUT2D eigenvalue weighted by atomic mass is 10.0. The Morgan fingerprint density at radius 2 is 1.77 bits per heavy atom. The first-order valence-electron chi connectivity index (χ1n) is 13.4. The van der Waals surface area contributed by atoms with Crippen molar-refractivity contribution in [2.75, 3.05) is 25.1 Å². The van der Waals surface area contributed by atoms with Gasteiger partial charge in [0.1, 0.15) is 24.3 Å². The van der Waals surface area contributed by atoms with Crippen LogP contribution in [0, 0.1) is 0 Å². The van der Waals surface area contributed by atoms with Gasteiger partial charge in [0.15, 0.2) is 6.29 Å². The van der Waals surface area contributed by atoms with Gasteiger partial charge in [-0.25, -0.2) is 9.78 Å². The summed E-state index contributed by atoms with van der Waals surface area (Å²) in [4.78, 5) is 16.7. The minimum Gasteiger partial charge on any atom is -0.491 e. The van der Waals surface area contributed by atoms with Crippen molar-refractivity contribution in [3.8, 4) is 22.6 Å². The van der Waals surface area contributed by atoms with E-state index < -0.39 is 11.7 Å². The van der Waals surface area contributed by atoms with Gasteiger partial charge in [-0.2, -0.15) is 0 Å². The normalized spacial score (nSPS) is 15.7. The SMILES string of the molecule is CC(C)(C)OC(=O)Nc1ccc(-c2ccc3c(c2)ncn3-c2ccc(OCCOC3CCCCO3)cc2)cc1. The van der Waals surface area contributed by atoms with Crippen molar-refractivity contribution in [2.24, 2.45) is 0 Å². The number of ether oxygens (including phenoxy) is 4. The van der Waals surface area contributed by atoms with Crippen LogP contribution < -0.4 is 10.1 Å². The maximum absolute atomic E-state index is 12.0. The van der Waals surface area contributed by atoms with Crippen molar-refractivity contribution in [1.82, 2.24) is 9.55 Å².